The molecule has 0 amide bonds. The molecule has 2 N–H and O–H groups in total. The first-order valence-electron chi connectivity index (χ1n) is 6.74. The van der Waals surface area contributed by atoms with Gasteiger partial charge in [-0.05, 0) is 18.2 Å². The van der Waals surface area contributed by atoms with E-state index >= 15 is 0 Å². The van der Waals surface area contributed by atoms with Crippen molar-refractivity contribution in [1.82, 2.24) is 9.88 Å². The number of nitrogens with zero attached hydrogens (tertiary/aromatic N) is 1. The zero-order chi connectivity index (χ0) is 15.0. The summed E-state index contributed by atoms with van der Waals surface area (Å²) in [6, 6.07) is 4.31. The van der Waals surface area contributed by atoms with Crippen molar-refractivity contribution in [2.45, 2.75) is 5.60 Å². The Balaban J connectivity index is 1.68. The van der Waals surface area contributed by atoms with E-state index in [4.69, 9.17) is 4.74 Å². The number of H-pyrrole nitrogens is 1. The molecule has 5 nitrogen and oxygen atoms in total. The number of likely N-dealkylation sites (tertiary alicyclic amines) is 1. The Morgan fingerprint density at radius 3 is 3.00 bits per heavy atom. The number of carbonyl (C=O) groups is 1. The van der Waals surface area contributed by atoms with E-state index in [1.165, 1.54) is 19.2 Å². The highest BCUT2D eigenvalue weighted by molar-refractivity contribution is 6.08. The molecule has 1 aromatic carbocycles. The van der Waals surface area contributed by atoms with Gasteiger partial charge in [0.25, 0.3) is 0 Å². The molecule has 0 bridgehead atoms. The molecule has 0 spiro atoms. The van der Waals surface area contributed by atoms with Crippen molar-refractivity contribution in [3.05, 3.63) is 35.8 Å². The quantitative estimate of drug-likeness (QED) is 0.812. The van der Waals surface area contributed by atoms with Gasteiger partial charge < -0.3 is 14.8 Å². The average molecular weight is 292 g/mol. The standard InChI is InChI=1S/C15H17FN2O3/c1-21-9-15(20)7-18(8-15)6-14(19)12-5-17-13-4-10(16)2-3-11(12)13/h2-5,17,20H,6-9H2,1H3. The van der Waals surface area contributed by atoms with Crippen molar-refractivity contribution in [2.24, 2.45) is 0 Å². The van der Waals surface area contributed by atoms with Crippen molar-refractivity contribution in [3.63, 3.8) is 0 Å². The molecular formula is C15H17FN2O3. The molecule has 1 aromatic heterocycles. The number of aromatic amines is 1. The Kier molecular flexibility index (Phi) is 3.52. The second kappa shape index (κ2) is 5.22. The van der Waals surface area contributed by atoms with Crippen LogP contribution in [-0.2, 0) is 4.74 Å². The van der Waals surface area contributed by atoms with Crippen LogP contribution in [0, 0.1) is 5.82 Å². The molecule has 2 heterocycles. The van der Waals surface area contributed by atoms with Gasteiger partial charge in [0.2, 0.25) is 0 Å². The number of hydrogen-bond donors (Lipinski definition) is 2. The summed E-state index contributed by atoms with van der Waals surface area (Å²) in [6.07, 6.45) is 1.60. The maximum absolute atomic E-state index is 13.1. The molecule has 21 heavy (non-hydrogen) atoms. The number of methoxy groups -OCH3 is 1. The predicted molar refractivity (Wildman–Crippen MR) is 75.9 cm³/mol. The van der Waals surface area contributed by atoms with Crippen molar-refractivity contribution in [3.8, 4) is 0 Å². The van der Waals surface area contributed by atoms with Crippen molar-refractivity contribution in [2.75, 3.05) is 33.4 Å². The molecule has 0 unspecified atom stereocenters. The van der Waals surface area contributed by atoms with Gasteiger partial charge in [-0.1, -0.05) is 0 Å². The number of fused-ring (bicyclic) bond motifs is 1. The topological polar surface area (TPSA) is 65.6 Å². The van der Waals surface area contributed by atoms with Gasteiger partial charge in [0.15, 0.2) is 5.78 Å². The SMILES string of the molecule is COCC1(O)CN(CC(=O)c2c[nH]c3cc(F)ccc23)C1. The van der Waals surface area contributed by atoms with E-state index in [0.717, 1.165) is 0 Å². The molecule has 112 valence electrons. The number of benzene rings is 1. The van der Waals surface area contributed by atoms with Crippen LogP contribution >= 0.6 is 0 Å². The minimum Gasteiger partial charge on any atom is -0.385 e. The lowest BCUT2D eigenvalue weighted by Crippen LogP contribution is -2.64. The zero-order valence-electron chi connectivity index (χ0n) is 11.7. The largest absolute Gasteiger partial charge is 0.385 e. The summed E-state index contributed by atoms with van der Waals surface area (Å²) in [7, 11) is 1.54. The molecule has 0 radical (unpaired) electrons. The van der Waals surface area contributed by atoms with Crippen molar-refractivity contribution >= 4 is 16.7 Å². The fraction of sp³-hybridized carbons (Fsp3) is 0.400. The number of rotatable bonds is 5. The lowest BCUT2D eigenvalue weighted by molar-refractivity contribution is -0.129. The van der Waals surface area contributed by atoms with Crippen LogP contribution in [0.15, 0.2) is 24.4 Å². The summed E-state index contributed by atoms with van der Waals surface area (Å²) < 4.78 is 18.1. The summed E-state index contributed by atoms with van der Waals surface area (Å²) in [5.74, 6) is -0.386. The summed E-state index contributed by atoms with van der Waals surface area (Å²) in [5, 5.41) is 10.7. The monoisotopic (exact) mass is 292 g/mol. The van der Waals surface area contributed by atoms with Gasteiger partial charge in [0.05, 0.1) is 13.2 Å². The van der Waals surface area contributed by atoms with E-state index in [-0.39, 0.29) is 24.8 Å². The average Bonchev–Trinajstić information content (AvgIpc) is 2.80. The first-order chi connectivity index (χ1) is 10.0. The third-order valence-electron chi connectivity index (χ3n) is 3.76. The van der Waals surface area contributed by atoms with Gasteiger partial charge in [-0.25, -0.2) is 4.39 Å². The van der Waals surface area contributed by atoms with Gasteiger partial charge >= 0.3 is 0 Å². The highest BCUT2D eigenvalue weighted by Crippen LogP contribution is 2.24. The molecule has 0 saturated carbocycles. The van der Waals surface area contributed by atoms with Crippen LogP contribution in [0.3, 0.4) is 0 Å². The Morgan fingerprint density at radius 2 is 2.29 bits per heavy atom. The second-order valence-corrected chi connectivity index (χ2v) is 5.62. The van der Waals surface area contributed by atoms with Crippen LogP contribution in [-0.4, -0.2) is 59.7 Å². The van der Waals surface area contributed by atoms with Crippen LogP contribution in [0.4, 0.5) is 4.39 Å². The Bertz CT molecular complexity index is 677. The number of Topliss-reactive ketones (excluding diaryl/α,β-unsaturated/α-hetero) is 1. The summed E-state index contributed by atoms with van der Waals surface area (Å²) >= 11 is 0. The minimum atomic E-state index is -0.849. The molecule has 1 saturated heterocycles. The summed E-state index contributed by atoms with van der Waals surface area (Å²) in [6.45, 7) is 1.34. The Morgan fingerprint density at radius 1 is 1.52 bits per heavy atom. The van der Waals surface area contributed by atoms with Crippen LogP contribution < -0.4 is 0 Å². The maximum Gasteiger partial charge on any atom is 0.178 e. The number of nitrogens with one attached hydrogen (secondary N) is 1. The number of aliphatic hydroxyl groups is 1. The van der Waals surface area contributed by atoms with E-state index in [0.29, 0.717) is 29.6 Å². The minimum absolute atomic E-state index is 0.0488. The molecule has 1 aliphatic rings. The normalized spacial score (nSPS) is 17.9. The fourth-order valence-corrected chi connectivity index (χ4v) is 2.88. The fourth-order valence-electron chi connectivity index (χ4n) is 2.88. The number of ether oxygens (including phenoxy) is 1. The molecule has 3 rings (SSSR count). The van der Waals surface area contributed by atoms with Crippen molar-refractivity contribution in [1.29, 1.82) is 0 Å². The van der Waals surface area contributed by atoms with Crippen LogP contribution in [0.25, 0.3) is 10.9 Å². The highest BCUT2D eigenvalue weighted by Gasteiger charge is 2.41. The summed E-state index contributed by atoms with van der Waals surface area (Å²) in [4.78, 5) is 17.1. The van der Waals surface area contributed by atoms with Gasteiger partial charge in [0.1, 0.15) is 11.4 Å². The number of carbonyl (C=O) groups excluding carboxylic acids is 1. The predicted octanol–water partition coefficient (Wildman–Crippen LogP) is 1.18. The van der Waals surface area contributed by atoms with Gasteiger partial charge in [0, 0.05) is 42.9 Å². The molecule has 0 aliphatic carbocycles. The number of ketones is 1. The Labute approximate surface area is 121 Å². The van der Waals surface area contributed by atoms with Crippen molar-refractivity contribution < 1.29 is 19.0 Å². The third-order valence-corrected chi connectivity index (χ3v) is 3.76. The second-order valence-electron chi connectivity index (χ2n) is 5.62. The zero-order valence-corrected chi connectivity index (χ0v) is 11.7. The Hall–Kier alpha value is -1.76. The maximum atomic E-state index is 13.1. The smallest absolute Gasteiger partial charge is 0.178 e. The van der Waals surface area contributed by atoms with Crippen LogP contribution in [0.1, 0.15) is 10.4 Å². The number of aromatic nitrogens is 1. The number of halogens is 1. The molecule has 6 heteroatoms. The molecule has 1 fully saturated rings. The van der Waals surface area contributed by atoms with Gasteiger partial charge in [-0.3, -0.25) is 9.69 Å². The van der Waals surface area contributed by atoms with Crippen LogP contribution in [0.5, 0.6) is 0 Å². The highest BCUT2D eigenvalue weighted by atomic mass is 19.1. The third kappa shape index (κ3) is 2.70. The van der Waals surface area contributed by atoms with E-state index < -0.39 is 5.60 Å². The van der Waals surface area contributed by atoms with E-state index in [1.807, 2.05) is 4.90 Å². The lowest BCUT2D eigenvalue weighted by atomic mass is 9.94. The number of hydrogen-bond acceptors (Lipinski definition) is 4. The van der Waals surface area contributed by atoms with E-state index in [2.05, 4.69) is 4.98 Å². The first-order valence-corrected chi connectivity index (χ1v) is 6.74. The first kappa shape index (κ1) is 14.2. The molecule has 1 aliphatic heterocycles. The summed E-state index contributed by atoms with van der Waals surface area (Å²) in [5.41, 5.74) is 0.309. The van der Waals surface area contributed by atoms with Crippen LogP contribution in [0.2, 0.25) is 0 Å². The molecule has 0 atom stereocenters. The van der Waals surface area contributed by atoms with E-state index in [1.54, 1.807) is 12.3 Å². The number of β-amino-alcohol motifs (C(OH)–C–C–N with tert-alkyl or cyclic N) is 1. The van der Waals surface area contributed by atoms with E-state index in [9.17, 15) is 14.3 Å². The molecule has 2 aromatic rings. The molecular weight excluding hydrogens is 275 g/mol. The lowest BCUT2D eigenvalue weighted by Gasteiger charge is -2.45. The van der Waals surface area contributed by atoms with Gasteiger partial charge in [-0.15, -0.1) is 0 Å². The van der Waals surface area contributed by atoms with Gasteiger partial charge in [-0.2, -0.15) is 0 Å².